The van der Waals surface area contributed by atoms with Crippen LogP contribution in [-0.4, -0.2) is 30.1 Å². The third-order valence-corrected chi connectivity index (χ3v) is 5.19. The van der Waals surface area contributed by atoms with E-state index in [9.17, 15) is 14.7 Å². The van der Waals surface area contributed by atoms with Crippen LogP contribution in [0, 0.1) is 11.8 Å². The van der Waals surface area contributed by atoms with E-state index in [-0.39, 0.29) is 23.6 Å². The minimum atomic E-state index is -0.510. The molecule has 0 aromatic carbocycles. The second kappa shape index (κ2) is 13.1. The second-order valence-electron chi connectivity index (χ2n) is 7.23. The summed E-state index contributed by atoms with van der Waals surface area (Å²) >= 11 is 0. The molecule has 0 radical (unpaired) electrons. The number of ether oxygens (including phenoxy) is 1. The number of rotatable bonds is 13. The molecular weight excluding hydrogens is 316 g/mol. The first-order chi connectivity index (χ1) is 12.1. The first-order valence-corrected chi connectivity index (χ1v) is 10.0. The van der Waals surface area contributed by atoms with Crippen LogP contribution in [0.4, 0.5) is 0 Å². The maximum Gasteiger partial charge on any atom is 0.305 e. The van der Waals surface area contributed by atoms with Crippen LogP contribution in [0.1, 0.15) is 84.0 Å². The van der Waals surface area contributed by atoms with Gasteiger partial charge in [-0.3, -0.25) is 9.59 Å². The monoisotopic (exact) mass is 352 g/mol. The van der Waals surface area contributed by atoms with Gasteiger partial charge >= 0.3 is 5.97 Å². The minimum absolute atomic E-state index is 0.00579. The molecule has 1 aliphatic rings. The fourth-order valence-electron chi connectivity index (χ4n) is 3.62. The minimum Gasteiger partial charge on any atom is -0.469 e. The highest BCUT2D eigenvalue weighted by Gasteiger charge is 2.39. The number of hydrogen-bond donors (Lipinski definition) is 1. The third-order valence-electron chi connectivity index (χ3n) is 5.19. The number of aliphatic hydroxyl groups is 1. The Bertz CT molecular complexity index is 416. The standard InChI is InChI=1S/C21H36O4/c1-3-4-5-6-7-10-13-17-18(20(23)16-19(17)22)14-11-8-9-12-15-21(24)25-2/h10,13,17-19,22H,3-9,11-12,14-16H2,1-2H3/t17-,18+,19-/m1/s1. The van der Waals surface area contributed by atoms with Gasteiger partial charge in [0.1, 0.15) is 5.78 Å². The van der Waals surface area contributed by atoms with Gasteiger partial charge in [0.2, 0.25) is 0 Å². The molecule has 0 amide bonds. The van der Waals surface area contributed by atoms with Crippen molar-refractivity contribution in [2.75, 3.05) is 7.11 Å². The molecule has 3 atom stereocenters. The summed E-state index contributed by atoms with van der Waals surface area (Å²) in [6.45, 7) is 2.20. The number of Topliss-reactive ketones (excluding diaryl/α,β-unsaturated/α-hetero) is 1. The molecule has 4 nitrogen and oxygen atoms in total. The summed E-state index contributed by atoms with van der Waals surface area (Å²) in [5.41, 5.74) is 0. The maximum atomic E-state index is 12.2. The maximum absolute atomic E-state index is 12.2. The largest absolute Gasteiger partial charge is 0.469 e. The smallest absolute Gasteiger partial charge is 0.305 e. The zero-order valence-corrected chi connectivity index (χ0v) is 16.0. The molecule has 0 bridgehead atoms. The molecule has 0 spiro atoms. The van der Waals surface area contributed by atoms with Crippen LogP contribution >= 0.6 is 0 Å². The van der Waals surface area contributed by atoms with Crippen LogP contribution in [0.5, 0.6) is 0 Å². The molecule has 0 aliphatic heterocycles. The van der Waals surface area contributed by atoms with Crippen molar-refractivity contribution in [2.45, 2.75) is 90.1 Å². The third kappa shape index (κ3) is 8.66. The van der Waals surface area contributed by atoms with Crippen molar-refractivity contribution in [2.24, 2.45) is 11.8 Å². The normalized spacial score (nSPS) is 23.5. The number of carbonyl (C=O) groups is 2. The Balaban J connectivity index is 2.28. The van der Waals surface area contributed by atoms with Gasteiger partial charge < -0.3 is 9.84 Å². The molecule has 144 valence electrons. The number of carbonyl (C=O) groups excluding carboxylic acids is 2. The molecule has 1 N–H and O–H groups in total. The van der Waals surface area contributed by atoms with Crippen molar-refractivity contribution < 1.29 is 19.4 Å². The molecule has 25 heavy (non-hydrogen) atoms. The van der Waals surface area contributed by atoms with Gasteiger partial charge in [-0.1, -0.05) is 57.6 Å². The Morgan fingerprint density at radius 2 is 1.88 bits per heavy atom. The lowest BCUT2D eigenvalue weighted by atomic mass is 9.88. The molecular formula is C21H36O4. The van der Waals surface area contributed by atoms with E-state index in [2.05, 4.69) is 23.8 Å². The first kappa shape index (κ1) is 21.9. The average Bonchev–Trinajstić information content (AvgIpc) is 2.87. The second-order valence-corrected chi connectivity index (χ2v) is 7.23. The summed E-state index contributed by atoms with van der Waals surface area (Å²) in [4.78, 5) is 23.2. The number of hydrogen-bond acceptors (Lipinski definition) is 4. The topological polar surface area (TPSA) is 63.6 Å². The molecule has 0 heterocycles. The number of ketones is 1. The Kier molecular flexibility index (Phi) is 11.5. The van der Waals surface area contributed by atoms with Crippen LogP contribution in [0.15, 0.2) is 12.2 Å². The lowest BCUT2D eigenvalue weighted by Gasteiger charge is -2.17. The van der Waals surface area contributed by atoms with E-state index in [1.807, 2.05) is 0 Å². The van der Waals surface area contributed by atoms with E-state index in [0.717, 1.165) is 38.5 Å². The van der Waals surface area contributed by atoms with Gasteiger partial charge in [-0.05, 0) is 25.7 Å². The van der Waals surface area contributed by atoms with E-state index in [4.69, 9.17) is 0 Å². The van der Waals surface area contributed by atoms with E-state index < -0.39 is 6.10 Å². The average molecular weight is 353 g/mol. The molecule has 1 aliphatic carbocycles. The van der Waals surface area contributed by atoms with Gasteiger partial charge in [-0.2, -0.15) is 0 Å². The highest BCUT2D eigenvalue weighted by Crippen LogP contribution is 2.34. The molecule has 0 saturated heterocycles. The molecule has 1 rings (SSSR count). The zero-order chi connectivity index (χ0) is 18.5. The first-order valence-electron chi connectivity index (χ1n) is 10.0. The van der Waals surface area contributed by atoms with Crippen LogP contribution in [0.2, 0.25) is 0 Å². The van der Waals surface area contributed by atoms with Crippen molar-refractivity contribution in [3.8, 4) is 0 Å². The molecule has 0 aromatic heterocycles. The number of methoxy groups -OCH3 is 1. The number of allylic oxidation sites excluding steroid dienone is 1. The van der Waals surface area contributed by atoms with Crippen LogP contribution in [0.25, 0.3) is 0 Å². The van der Waals surface area contributed by atoms with Gasteiger partial charge in [0, 0.05) is 24.7 Å². The Morgan fingerprint density at radius 3 is 2.60 bits per heavy atom. The molecule has 0 aromatic rings. The predicted octanol–water partition coefficient (Wildman–Crippen LogP) is 4.59. The number of aliphatic hydroxyl groups excluding tert-OH is 1. The van der Waals surface area contributed by atoms with Crippen molar-refractivity contribution in [3.05, 3.63) is 12.2 Å². The Hall–Kier alpha value is -1.16. The molecule has 0 unspecified atom stereocenters. The lowest BCUT2D eigenvalue weighted by Crippen LogP contribution is -2.18. The zero-order valence-electron chi connectivity index (χ0n) is 16.0. The summed E-state index contributed by atoms with van der Waals surface area (Å²) < 4.78 is 4.63. The van der Waals surface area contributed by atoms with E-state index >= 15 is 0 Å². The summed E-state index contributed by atoms with van der Waals surface area (Å²) in [5, 5.41) is 10.2. The predicted molar refractivity (Wildman–Crippen MR) is 100 cm³/mol. The molecule has 1 fully saturated rings. The van der Waals surface area contributed by atoms with E-state index in [0.29, 0.717) is 12.8 Å². The summed E-state index contributed by atoms with van der Waals surface area (Å²) in [6.07, 6.45) is 15.2. The Morgan fingerprint density at radius 1 is 1.16 bits per heavy atom. The van der Waals surface area contributed by atoms with E-state index in [1.54, 1.807) is 0 Å². The lowest BCUT2D eigenvalue weighted by molar-refractivity contribution is -0.140. The highest BCUT2D eigenvalue weighted by atomic mass is 16.5. The van der Waals surface area contributed by atoms with Gasteiger partial charge in [-0.15, -0.1) is 0 Å². The van der Waals surface area contributed by atoms with Crippen molar-refractivity contribution in [1.82, 2.24) is 0 Å². The van der Waals surface area contributed by atoms with Crippen molar-refractivity contribution in [3.63, 3.8) is 0 Å². The van der Waals surface area contributed by atoms with E-state index in [1.165, 1.54) is 32.8 Å². The van der Waals surface area contributed by atoms with Crippen LogP contribution in [-0.2, 0) is 14.3 Å². The van der Waals surface area contributed by atoms with Crippen LogP contribution < -0.4 is 0 Å². The SMILES string of the molecule is CCCCCCC=C[C@H]1[C@H](O)CC(=O)[C@H]1CCCCCCC(=O)OC. The quantitative estimate of drug-likeness (QED) is 0.299. The summed E-state index contributed by atoms with van der Waals surface area (Å²) in [6, 6.07) is 0. The fourth-order valence-corrected chi connectivity index (χ4v) is 3.62. The van der Waals surface area contributed by atoms with Gasteiger partial charge in [0.15, 0.2) is 0 Å². The van der Waals surface area contributed by atoms with Gasteiger partial charge in [0.25, 0.3) is 0 Å². The molecule has 1 saturated carbocycles. The number of unbranched alkanes of at least 4 members (excludes halogenated alkanes) is 7. The highest BCUT2D eigenvalue weighted by molar-refractivity contribution is 5.84. The van der Waals surface area contributed by atoms with Crippen molar-refractivity contribution >= 4 is 11.8 Å². The van der Waals surface area contributed by atoms with Gasteiger partial charge in [-0.25, -0.2) is 0 Å². The fraction of sp³-hybridized carbons (Fsp3) is 0.810. The molecule has 4 heteroatoms. The number of esters is 1. The van der Waals surface area contributed by atoms with Gasteiger partial charge in [0.05, 0.1) is 13.2 Å². The Labute approximate surface area is 153 Å². The summed E-state index contributed by atoms with van der Waals surface area (Å²) in [7, 11) is 1.41. The summed E-state index contributed by atoms with van der Waals surface area (Å²) in [5.74, 6) is 0.0252. The van der Waals surface area contributed by atoms with Crippen molar-refractivity contribution in [1.29, 1.82) is 0 Å². The van der Waals surface area contributed by atoms with Crippen LogP contribution in [0.3, 0.4) is 0 Å².